The molecular weight excluding hydrogens is 685 g/mol. The number of nitrogens with one attached hydrogen (secondary N) is 1. The summed E-state index contributed by atoms with van der Waals surface area (Å²) in [5, 5.41) is 6.90. The van der Waals surface area contributed by atoms with Gasteiger partial charge in [0.2, 0.25) is 0 Å². The maximum atomic E-state index is 14.7. The maximum absolute atomic E-state index is 14.7. The molecule has 5 aromatic rings. The minimum absolute atomic E-state index is 0.166. The lowest BCUT2D eigenvalue weighted by Gasteiger charge is -2.22. The van der Waals surface area contributed by atoms with Crippen molar-refractivity contribution in [2.75, 3.05) is 18.1 Å². The minimum Gasteiger partial charge on any atom is -0.494 e. The predicted molar refractivity (Wildman–Crippen MR) is 194 cm³/mol. The van der Waals surface area contributed by atoms with Gasteiger partial charge in [-0.15, -0.1) is 0 Å². The molecule has 1 unspecified atom stereocenters. The van der Waals surface area contributed by atoms with Crippen LogP contribution in [0.4, 0.5) is 5.69 Å². The molecule has 0 radical (unpaired) electrons. The summed E-state index contributed by atoms with van der Waals surface area (Å²) in [5.41, 5.74) is 8.49. The lowest BCUT2D eigenvalue weighted by Crippen LogP contribution is -2.32. The van der Waals surface area contributed by atoms with Crippen LogP contribution in [0.25, 0.3) is 22.0 Å². The van der Waals surface area contributed by atoms with E-state index in [1.54, 1.807) is 23.1 Å². The molecule has 0 spiro atoms. The standard InChI is InChI=1S/C36H37Cl2N5O5S/c1-20-17-26(18-21(2)32(20)38)48-16-7-11-27-28-12-13-29(37)31(30-22(3)39-41(5)23(30)4)33(28)43-15-8-14-42(36(45)34(27)43)25-10-6-9-24(19-25)35(44)40-49(46)47/h6,9-10,12-13,17-19H,7-8,11,14-16H2,1-5H3,(H,40,44)(H,46,47). The molecule has 1 aliphatic rings. The molecule has 2 N–H and O–H groups in total. The van der Waals surface area contributed by atoms with Gasteiger partial charge in [-0.25, -0.2) is 8.93 Å². The highest BCUT2D eigenvalue weighted by molar-refractivity contribution is 7.77. The quantitative estimate of drug-likeness (QED) is 0.120. The van der Waals surface area contributed by atoms with E-state index in [0.29, 0.717) is 55.4 Å². The topological polar surface area (TPSA) is 119 Å². The Morgan fingerprint density at radius 2 is 1.78 bits per heavy atom. The highest BCUT2D eigenvalue weighted by atomic mass is 35.5. The second-order valence-corrected chi connectivity index (χ2v) is 13.8. The van der Waals surface area contributed by atoms with Crippen LogP contribution in [0, 0.1) is 27.7 Å². The van der Waals surface area contributed by atoms with Gasteiger partial charge in [0.15, 0.2) is 0 Å². The van der Waals surface area contributed by atoms with Gasteiger partial charge in [-0.1, -0.05) is 35.3 Å². The van der Waals surface area contributed by atoms with Gasteiger partial charge in [0.05, 0.1) is 22.8 Å². The van der Waals surface area contributed by atoms with Crippen molar-refractivity contribution in [1.29, 1.82) is 0 Å². The van der Waals surface area contributed by atoms with E-state index in [4.69, 9.17) is 27.9 Å². The zero-order valence-electron chi connectivity index (χ0n) is 27.9. The Morgan fingerprint density at radius 1 is 1.04 bits per heavy atom. The van der Waals surface area contributed by atoms with Crippen molar-refractivity contribution in [3.63, 3.8) is 0 Å². The number of hydrogen-bond donors (Lipinski definition) is 2. The van der Waals surface area contributed by atoms with Gasteiger partial charge in [-0.05, 0) is 100 Å². The number of carbonyl (C=O) groups excluding carboxylic acids is 2. The normalized spacial score (nSPS) is 13.8. The summed E-state index contributed by atoms with van der Waals surface area (Å²) in [6, 6.07) is 14.2. The summed E-state index contributed by atoms with van der Waals surface area (Å²) in [6.45, 7) is 9.26. The molecule has 0 saturated heterocycles. The first-order valence-corrected chi connectivity index (χ1v) is 17.8. The summed E-state index contributed by atoms with van der Waals surface area (Å²) in [5.74, 6) is -0.182. The van der Waals surface area contributed by atoms with Crippen LogP contribution in [0.15, 0.2) is 48.5 Å². The smallest absolute Gasteiger partial charge is 0.275 e. The van der Waals surface area contributed by atoms with Crippen LogP contribution >= 0.6 is 23.2 Å². The molecule has 0 saturated carbocycles. The zero-order chi connectivity index (χ0) is 35.1. The number of aryl methyl sites for hydroxylation is 6. The molecule has 13 heteroatoms. The van der Waals surface area contributed by atoms with Crippen LogP contribution < -0.4 is 14.4 Å². The first-order chi connectivity index (χ1) is 23.4. The average Bonchev–Trinajstić information content (AvgIpc) is 3.42. The Balaban J connectivity index is 1.45. The fraction of sp³-hybridized carbons (Fsp3) is 0.306. The van der Waals surface area contributed by atoms with Gasteiger partial charge >= 0.3 is 0 Å². The highest BCUT2D eigenvalue weighted by Gasteiger charge is 2.32. The van der Waals surface area contributed by atoms with Gasteiger partial charge in [-0.3, -0.25) is 18.8 Å². The lowest BCUT2D eigenvalue weighted by atomic mass is 9.98. The summed E-state index contributed by atoms with van der Waals surface area (Å²) < 4.78 is 32.5. The van der Waals surface area contributed by atoms with Gasteiger partial charge in [0, 0.05) is 58.6 Å². The maximum Gasteiger partial charge on any atom is 0.275 e. The average molecular weight is 723 g/mol. The SMILES string of the molecule is Cc1cc(OCCCc2c3n(c4c(-c5c(C)nn(C)c5C)c(Cl)ccc24)CCCN(c2cccc(C(=O)NS(=O)O)c2)C3=O)cc(C)c1Cl. The molecule has 6 rings (SSSR count). The summed E-state index contributed by atoms with van der Waals surface area (Å²) >= 11 is 10.9. The zero-order valence-corrected chi connectivity index (χ0v) is 30.2. The molecule has 0 aliphatic carbocycles. The van der Waals surface area contributed by atoms with E-state index in [9.17, 15) is 18.4 Å². The first-order valence-electron chi connectivity index (χ1n) is 15.9. The Bertz CT molecular complexity index is 2130. The fourth-order valence-corrected chi connectivity index (χ4v) is 7.46. The number of nitrogens with zero attached hydrogens (tertiary/aromatic N) is 4. The van der Waals surface area contributed by atoms with Crippen molar-refractivity contribution in [3.05, 3.63) is 97.9 Å². The van der Waals surface area contributed by atoms with Crippen LogP contribution in [0.1, 0.15) is 61.8 Å². The molecule has 2 aromatic heterocycles. The molecule has 2 amide bonds. The van der Waals surface area contributed by atoms with Crippen molar-refractivity contribution >= 4 is 62.9 Å². The number of amides is 2. The van der Waals surface area contributed by atoms with E-state index in [0.717, 1.165) is 60.9 Å². The number of anilines is 1. The number of fused-ring (bicyclic) bond motifs is 3. The second-order valence-electron chi connectivity index (χ2n) is 12.3. The third-order valence-electron chi connectivity index (χ3n) is 9.10. The number of halogens is 2. The molecule has 49 heavy (non-hydrogen) atoms. The van der Waals surface area contributed by atoms with E-state index in [1.165, 1.54) is 6.07 Å². The number of ether oxygens (including phenoxy) is 1. The Labute approximate surface area is 297 Å². The van der Waals surface area contributed by atoms with E-state index < -0.39 is 17.2 Å². The molecule has 256 valence electrons. The summed E-state index contributed by atoms with van der Waals surface area (Å²) in [4.78, 5) is 29.0. The van der Waals surface area contributed by atoms with Crippen LogP contribution in [-0.4, -0.2) is 48.1 Å². The number of carbonyl (C=O) groups is 2. The van der Waals surface area contributed by atoms with Gasteiger partial charge in [0.1, 0.15) is 11.4 Å². The lowest BCUT2D eigenvalue weighted by molar-refractivity contribution is 0.0970. The monoisotopic (exact) mass is 721 g/mol. The number of aromatic nitrogens is 3. The summed E-state index contributed by atoms with van der Waals surface area (Å²) in [6.07, 6.45) is 1.83. The van der Waals surface area contributed by atoms with Crippen molar-refractivity contribution in [2.24, 2.45) is 7.05 Å². The molecule has 10 nitrogen and oxygen atoms in total. The van der Waals surface area contributed by atoms with Crippen LogP contribution in [-0.2, 0) is 31.3 Å². The van der Waals surface area contributed by atoms with E-state index in [-0.39, 0.29) is 11.5 Å². The Morgan fingerprint density at radius 3 is 2.45 bits per heavy atom. The molecule has 3 aromatic carbocycles. The van der Waals surface area contributed by atoms with Crippen molar-refractivity contribution in [3.8, 4) is 16.9 Å². The number of rotatable bonds is 9. The third kappa shape index (κ3) is 6.60. The molecule has 0 fully saturated rings. The minimum atomic E-state index is -2.52. The molecule has 1 aliphatic heterocycles. The second kappa shape index (κ2) is 14.0. The number of benzene rings is 3. The molecular formula is C36H37Cl2N5O5S. The van der Waals surface area contributed by atoms with E-state index >= 15 is 0 Å². The molecule has 3 heterocycles. The van der Waals surface area contributed by atoms with E-state index in [1.807, 2.05) is 68.4 Å². The van der Waals surface area contributed by atoms with Crippen molar-refractivity contribution < 1.29 is 23.1 Å². The fourth-order valence-electron chi connectivity index (χ4n) is 6.83. The van der Waals surface area contributed by atoms with Crippen LogP contribution in [0.2, 0.25) is 10.0 Å². The largest absolute Gasteiger partial charge is 0.494 e. The molecule has 1 atom stereocenters. The van der Waals surface area contributed by atoms with Gasteiger partial charge in [0.25, 0.3) is 23.1 Å². The van der Waals surface area contributed by atoms with Gasteiger partial charge in [-0.2, -0.15) is 5.10 Å². The number of hydrogen-bond acceptors (Lipinski definition) is 5. The van der Waals surface area contributed by atoms with Crippen molar-refractivity contribution in [2.45, 2.75) is 53.5 Å². The summed E-state index contributed by atoms with van der Waals surface area (Å²) in [7, 11) is 1.90. The first kappa shape index (κ1) is 34.7. The van der Waals surface area contributed by atoms with Crippen LogP contribution in [0.5, 0.6) is 5.75 Å². The van der Waals surface area contributed by atoms with Crippen LogP contribution in [0.3, 0.4) is 0 Å². The Kier molecular flexibility index (Phi) is 9.90. The van der Waals surface area contributed by atoms with E-state index in [2.05, 4.69) is 9.67 Å². The molecule has 0 bridgehead atoms. The Hall–Kier alpha value is -4.16. The predicted octanol–water partition coefficient (Wildman–Crippen LogP) is 7.51. The third-order valence-corrected chi connectivity index (χ3v) is 10.4. The van der Waals surface area contributed by atoms with Crippen molar-refractivity contribution in [1.82, 2.24) is 19.1 Å². The van der Waals surface area contributed by atoms with Gasteiger partial charge < -0.3 is 14.2 Å². The highest BCUT2D eigenvalue weighted by Crippen LogP contribution is 2.43.